The van der Waals surface area contributed by atoms with Crippen LogP contribution in [0.5, 0.6) is 0 Å². The van der Waals surface area contributed by atoms with Gasteiger partial charge in [-0.05, 0) is 19.3 Å². The molecule has 0 aromatic rings. The Morgan fingerprint density at radius 2 is 2.30 bits per heavy atom. The van der Waals surface area contributed by atoms with Gasteiger partial charge in [0.05, 0.1) is 5.54 Å². The van der Waals surface area contributed by atoms with Crippen LogP contribution in [0.3, 0.4) is 0 Å². The minimum atomic E-state index is -0.816. The topological polar surface area (TPSA) is 43.1 Å². The van der Waals surface area contributed by atoms with Crippen molar-refractivity contribution in [3.8, 4) is 12.3 Å². The molecule has 0 saturated heterocycles. The third-order valence-corrected chi connectivity index (χ3v) is 1.42. The first-order chi connectivity index (χ1) is 4.54. The van der Waals surface area contributed by atoms with Gasteiger partial charge in [0.15, 0.2) is 0 Å². The number of Topliss-reactive ketones (excluding diaryl/α,β-unsaturated/α-hetero) is 1. The van der Waals surface area contributed by atoms with Crippen molar-refractivity contribution < 1.29 is 4.79 Å². The molecule has 1 unspecified atom stereocenters. The van der Waals surface area contributed by atoms with Crippen LogP contribution in [0, 0.1) is 12.3 Å². The molecule has 0 aliphatic rings. The molecule has 56 valence electrons. The predicted molar refractivity (Wildman–Crippen MR) is 41.3 cm³/mol. The predicted octanol–water partition coefficient (Wildman–Crippen LogP) is 0.706. The van der Waals surface area contributed by atoms with Gasteiger partial charge >= 0.3 is 0 Å². The van der Waals surface area contributed by atoms with E-state index in [9.17, 15) is 4.79 Å². The van der Waals surface area contributed by atoms with E-state index in [1.165, 1.54) is 0 Å². The van der Waals surface area contributed by atoms with Gasteiger partial charge < -0.3 is 5.73 Å². The smallest absolute Gasteiger partial charge is 0.224 e. The number of rotatable bonds is 3. The first-order valence-electron chi connectivity index (χ1n) is 3.34. The molecule has 0 aromatic heterocycles. The van der Waals surface area contributed by atoms with E-state index in [0.29, 0.717) is 6.42 Å². The highest BCUT2D eigenvalue weighted by Gasteiger charge is 2.24. The average Bonchev–Trinajstić information content (AvgIpc) is 1.86. The molecule has 0 bridgehead atoms. The number of hydrogen-bond acceptors (Lipinski definition) is 2. The van der Waals surface area contributed by atoms with Crippen LogP contribution in [0.15, 0.2) is 0 Å². The van der Waals surface area contributed by atoms with Crippen molar-refractivity contribution in [2.24, 2.45) is 5.73 Å². The van der Waals surface area contributed by atoms with Crippen LogP contribution in [0.1, 0.15) is 26.7 Å². The van der Waals surface area contributed by atoms with Crippen LogP contribution in [-0.4, -0.2) is 11.3 Å². The summed E-state index contributed by atoms with van der Waals surface area (Å²) in [4.78, 5) is 10.9. The van der Waals surface area contributed by atoms with Gasteiger partial charge in [-0.3, -0.25) is 4.79 Å². The van der Waals surface area contributed by atoms with Crippen LogP contribution in [0.25, 0.3) is 0 Å². The number of terminal acetylenes is 1. The fourth-order valence-electron chi connectivity index (χ4n) is 0.798. The quantitative estimate of drug-likeness (QED) is 0.462. The molecule has 0 aliphatic carbocycles. The summed E-state index contributed by atoms with van der Waals surface area (Å²) in [5, 5.41) is 0. The third kappa shape index (κ3) is 2.20. The minimum absolute atomic E-state index is 0.311. The van der Waals surface area contributed by atoms with Gasteiger partial charge in [-0.25, -0.2) is 0 Å². The molecule has 2 N–H and O–H groups in total. The fraction of sp³-hybridized carbons (Fsp3) is 0.625. The molecule has 0 heterocycles. The Kier molecular flexibility index (Phi) is 3.11. The van der Waals surface area contributed by atoms with E-state index >= 15 is 0 Å². The summed E-state index contributed by atoms with van der Waals surface area (Å²) in [5.74, 6) is 1.72. The molecule has 2 nitrogen and oxygen atoms in total. The molecule has 0 amide bonds. The highest BCUT2D eigenvalue weighted by Crippen LogP contribution is 2.08. The number of carbonyl (C=O) groups is 1. The summed E-state index contributed by atoms with van der Waals surface area (Å²) in [6, 6.07) is 0. The van der Waals surface area contributed by atoms with Crippen molar-refractivity contribution in [2.75, 3.05) is 0 Å². The van der Waals surface area contributed by atoms with Gasteiger partial charge in [-0.1, -0.05) is 13.3 Å². The SMILES string of the molecule is C#CC(=O)C(C)(N)CCC. The van der Waals surface area contributed by atoms with Crippen molar-refractivity contribution >= 4 is 5.78 Å². The van der Waals surface area contributed by atoms with E-state index in [1.807, 2.05) is 12.8 Å². The zero-order chi connectivity index (χ0) is 8.20. The largest absolute Gasteiger partial charge is 0.318 e. The maximum atomic E-state index is 10.9. The molecule has 0 radical (unpaired) electrons. The van der Waals surface area contributed by atoms with Crippen LogP contribution < -0.4 is 5.73 Å². The van der Waals surface area contributed by atoms with E-state index in [0.717, 1.165) is 6.42 Å². The van der Waals surface area contributed by atoms with Crippen LogP contribution in [0.2, 0.25) is 0 Å². The van der Waals surface area contributed by atoms with Crippen LogP contribution >= 0.6 is 0 Å². The Balaban J connectivity index is 4.13. The first-order valence-corrected chi connectivity index (χ1v) is 3.34. The molecule has 0 saturated carbocycles. The van der Waals surface area contributed by atoms with E-state index < -0.39 is 5.54 Å². The zero-order valence-corrected chi connectivity index (χ0v) is 6.48. The summed E-state index contributed by atoms with van der Waals surface area (Å²) >= 11 is 0. The second-order valence-electron chi connectivity index (χ2n) is 2.64. The van der Waals surface area contributed by atoms with E-state index in [2.05, 4.69) is 0 Å². The first kappa shape index (κ1) is 9.19. The Hall–Kier alpha value is -0.810. The second-order valence-corrected chi connectivity index (χ2v) is 2.64. The molecule has 2 heteroatoms. The Morgan fingerprint density at radius 3 is 2.60 bits per heavy atom. The maximum absolute atomic E-state index is 10.9. The van der Waals surface area contributed by atoms with Crippen molar-refractivity contribution in [3.63, 3.8) is 0 Å². The molecular formula is C8H13NO. The molecule has 0 rings (SSSR count). The van der Waals surface area contributed by atoms with Gasteiger partial charge in [0.2, 0.25) is 5.78 Å². The summed E-state index contributed by atoms with van der Waals surface area (Å²) in [7, 11) is 0. The number of hydrogen-bond donors (Lipinski definition) is 1. The fourth-order valence-corrected chi connectivity index (χ4v) is 0.798. The summed E-state index contributed by atoms with van der Waals surface area (Å²) in [6.07, 6.45) is 6.43. The normalized spacial score (nSPS) is 15.4. The summed E-state index contributed by atoms with van der Waals surface area (Å²) in [6.45, 7) is 3.63. The van der Waals surface area contributed by atoms with Crippen molar-refractivity contribution in [1.29, 1.82) is 0 Å². The van der Waals surface area contributed by atoms with Gasteiger partial charge in [0.25, 0.3) is 0 Å². The molecule has 0 aliphatic heterocycles. The standard InChI is InChI=1S/C8H13NO/c1-4-6-8(3,9)7(10)5-2/h2H,4,6,9H2,1,3H3. The summed E-state index contributed by atoms with van der Waals surface area (Å²) in [5.41, 5.74) is 4.77. The number of nitrogens with two attached hydrogens (primary N) is 1. The number of ketones is 1. The lowest BCUT2D eigenvalue weighted by Crippen LogP contribution is -2.43. The van der Waals surface area contributed by atoms with Gasteiger partial charge in [0, 0.05) is 0 Å². The third-order valence-electron chi connectivity index (χ3n) is 1.42. The highest BCUT2D eigenvalue weighted by atomic mass is 16.1. The molecule has 10 heavy (non-hydrogen) atoms. The molecular weight excluding hydrogens is 126 g/mol. The second kappa shape index (κ2) is 3.38. The Morgan fingerprint density at radius 1 is 1.80 bits per heavy atom. The molecule has 1 atom stereocenters. The Labute approximate surface area is 61.8 Å². The van der Waals surface area contributed by atoms with E-state index in [4.69, 9.17) is 12.2 Å². The lowest BCUT2D eigenvalue weighted by atomic mass is 9.93. The average molecular weight is 139 g/mol. The van der Waals surface area contributed by atoms with Crippen molar-refractivity contribution in [1.82, 2.24) is 0 Å². The summed E-state index contributed by atoms with van der Waals surface area (Å²) < 4.78 is 0. The van der Waals surface area contributed by atoms with Crippen molar-refractivity contribution in [2.45, 2.75) is 32.2 Å². The van der Waals surface area contributed by atoms with Crippen LogP contribution in [0.4, 0.5) is 0 Å². The highest BCUT2D eigenvalue weighted by molar-refractivity contribution is 6.01. The van der Waals surface area contributed by atoms with Crippen molar-refractivity contribution in [3.05, 3.63) is 0 Å². The monoisotopic (exact) mass is 139 g/mol. The van der Waals surface area contributed by atoms with E-state index in [1.54, 1.807) is 6.92 Å². The molecule has 0 aromatic carbocycles. The zero-order valence-electron chi connectivity index (χ0n) is 6.48. The minimum Gasteiger partial charge on any atom is -0.318 e. The Bertz CT molecular complexity index is 165. The van der Waals surface area contributed by atoms with Crippen LogP contribution in [-0.2, 0) is 4.79 Å². The number of carbonyl (C=O) groups excluding carboxylic acids is 1. The van der Waals surface area contributed by atoms with Gasteiger partial charge in [0.1, 0.15) is 0 Å². The van der Waals surface area contributed by atoms with Gasteiger partial charge in [-0.15, -0.1) is 6.42 Å². The maximum Gasteiger partial charge on any atom is 0.224 e. The molecule has 0 fully saturated rings. The lowest BCUT2D eigenvalue weighted by Gasteiger charge is -2.18. The lowest BCUT2D eigenvalue weighted by molar-refractivity contribution is -0.118. The van der Waals surface area contributed by atoms with Gasteiger partial charge in [-0.2, -0.15) is 0 Å². The molecule has 0 spiro atoms. The van der Waals surface area contributed by atoms with E-state index in [-0.39, 0.29) is 5.78 Å².